The molecule has 0 aliphatic carbocycles. The molecular weight excluding hydrogens is 277 g/mol. The summed E-state index contributed by atoms with van der Waals surface area (Å²) in [6.45, 7) is 0.513. The van der Waals surface area contributed by atoms with Gasteiger partial charge in [0.05, 0.1) is 0 Å². The molecule has 1 unspecified atom stereocenters. The number of carbonyl (C=O) groups excluding carboxylic acids is 1. The maximum atomic E-state index is 11.4. The number of rotatable bonds is 6. The number of azide groups is 1. The Morgan fingerprint density at radius 1 is 1.56 bits per heavy atom. The first kappa shape index (κ1) is 14.6. The monoisotopic (exact) mass is 287 g/mol. The van der Waals surface area contributed by atoms with Gasteiger partial charge in [-0.05, 0) is 29.3 Å². The van der Waals surface area contributed by atoms with Gasteiger partial charge >= 0.3 is 0 Å². The van der Waals surface area contributed by atoms with Gasteiger partial charge in [0.1, 0.15) is 6.04 Å². The highest BCUT2D eigenvalue weighted by Gasteiger charge is 2.19. The Balaban J connectivity index is 2.87. The lowest BCUT2D eigenvalue weighted by Crippen LogP contribution is -2.35. The van der Waals surface area contributed by atoms with Crippen LogP contribution in [-0.2, 0) is 4.79 Å². The minimum Gasteiger partial charge on any atom is -0.368 e. The van der Waals surface area contributed by atoms with E-state index in [0.717, 1.165) is 0 Å². The van der Waals surface area contributed by atoms with Gasteiger partial charge in [0, 0.05) is 28.0 Å². The minimum absolute atomic E-state index is 0.207. The molecular formula is C10H11Cl2N5O. The summed E-state index contributed by atoms with van der Waals surface area (Å²) < 4.78 is 0. The van der Waals surface area contributed by atoms with Crippen LogP contribution in [0.25, 0.3) is 10.4 Å². The normalized spacial score (nSPS) is 11.7. The first-order valence-corrected chi connectivity index (χ1v) is 5.80. The van der Waals surface area contributed by atoms with Crippen molar-refractivity contribution < 1.29 is 4.79 Å². The second-order valence-corrected chi connectivity index (χ2v) is 4.25. The number of nitrogens with one attached hydrogen (secondary N) is 1. The molecule has 0 aliphatic rings. The highest BCUT2D eigenvalue weighted by atomic mass is 35.5. The SMILES string of the molecule is [N-]=[N+]=NCCNC(C(N)=O)c1cc(Cl)ccc1Cl. The van der Waals surface area contributed by atoms with Crippen LogP contribution in [0.4, 0.5) is 0 Å². The zero-order valence-corrected chi connectivity index (χ0v) is 10.8. The van der Waals surface area contributed by atoms with Crippen LogP contribution in [0, 0.1) is 0 Å². The maximum Gasteiger partial charge on any atom is 0.239 e. The molecule has 0 heterocycles. The molecule has 18 heavy (non-hydrogen) atoms. The summed E-state index contributed by atoms with van der Waals surface area (Å²) >= 11 is 11.8. The molecule has 0 saturated heterocycles. The van der Waals surface area contributed by atoms with Gasteiger partial charge in [0.25, 0.3) is 0 Å². The van der Waals surface area contributed by atoms with Gasteiger partial charge in [0.15, 0.2) is 0 Å². The van der Waals surface area contributed by atoms with E-state index in [1.807, 2.05) is 0 Å². The van der Waals surface area contributed by atoms with Crippen molar-refractivity contribution >= 4 is 29.1 Å². The fourth-order valence-corrected chi connectivity index (χ4v) is 1.81. The lowest BCUT2D eigenvalue weighted by molar-refractivity contribution is -0.120. The quantitative estimate of drug-likeness (QED) is 0.363. The van der Waals surface area contributed by atoms with E-state index < -0.39 is 11.9 Å². The topological polar surface area (TPSA) is 104 Å². The van der Waals surface area contributed by atoms with Crippen molar-refractivity contribution in [3.05, 3.63) is 44.3 Å². The highest BCUT2D eigenvalue weighted by Crippen LogP contribution is 2.26. The van der Waals surface area contributed by atoms with Crippen molar-refractivity contribution in [3.8, 4) is 0 Å². The molecule has 0 saturated carbocycles. The first-order valence-electron chi connectivity index (χ1n) is 5.04. The van der Waals surface area contributed by atoms with Crippen LogP contribution in [-0.4, -0.2) is 19.0 Å². The minimum atomic E-state index is -0.773. The molecule has 1 atom stereocenters. The molecule has 0 fully saturated rings. The molecule has 1 rings (SSSR count). The van der Waals surface area contributed by atoms with Crippen LogP contribution in [0.15, 0.2) is 23.3 Å². The van der Waals surface area contributed by atoms with Crippen LogP contribution in [0.2, 0.25) is 10.0 Å². The molecule has 0 bridgehead atoms. The fraction of sp³-hybridized carbons (Fsp3) is 0.300. The summed E-state index contributed by atoms with van der Waals surface area (Å²) in [6.07, 6.45) is 0. The van der Waals surface area contributed by atoms with E-state index in [1.165, 1.54) is 0 Å². The molecule has 6 nitrogen and oxygen atoms in total. The van der Waals surface area contributed by atoms with Crippen molar-refractivity contribution in [2.45, 2.75) is 6.04 Å². The third-order valence-electron chi connectivity index (χ3n) is 2.18. The van der Waals surface area contributed by atoms with Gasteiger partial charge in [-0.25, -0.2) is 0 Å². The lowest BCUT2D eigenvalue weighted by Gasteiger charge is -2.16. The Labute approximate surface area is 114 Å². The molecule has 0 aromatic heterocycles. The van der Waals surface area contributed by atoms with Gasteiger partial charge < -0.3 is 11.1 Å². The van der Waals surface area contributed by atoms with Crippen LogP contribution >= 0.6 is 23.2 Å². The molecule has 0 spiro atoms. The van der Waals surface area contributed by atoms with Crippen LogP contribution in [0.3, 0.4) is 0 Å². The summed E-state index contributed by atoms with van der Waals surface area (Å²) in [6, 6.07) is 4.00. The summed E-state index contributed by atoms with van der Waals surface area (Å²) in [4.78, 5) is 14.0. The Hall–Kier alpha value is -1.46. The van der Waals surface area contributed by atoms with Gasteiger partial charge in [0.2, 0.25) is 5.91 Å². The van der Waals surface area contributed by atoms with Crippen molar-refractivity contribution in [2.75, 3.05) is 13.1 Å². The van der Waals surface area contributed by atoms with E-state index in [1.54, 1.807) is 18.2 Å². The second-order valence-electron chi connectivity index (χ2n) is 3.41. The number of nitrogens with two attached hydrogens (primary N) is 1. The van der Waals surface area contributed by atoms with Crippen molar-refractivity contribution in [1.29, 1.82) is 0 Å². The summed E-state index contributed by atoms with van der Waals surface area (Å²) in [7, 11) is 0. The molecule has 8 heteroatoms. The Morgan fingerprint density at radius 2 is 2.28 bits per heavy atom. The number of primary amides is 1. The molecule has 3 N–H and O–H groups in total. The average Bonchev–Trinajstić information content (AvgIpc) is 2.32. The lowest BCUT2D eigenvalue weighted by atomic mass is 10.1. The number of hydrogen-bond donors (Lipinski definition) is 2. The van der Waals surface area contributed by atoms with Gasteiger partial charge in [-0.2, -0.15) is 0 Å². The summed E-state index contributed by atoms with van der Waals surface area (Å²) in [5, 5.41) is 7.04. The summed E-state index contributed by atoms with van der Waals surface area (Å²) in [5.74, 6) is -0.583. The van der Waals surface area contributed by atoms with Gasteiger partial charge in [-0.1, -0.05) is 28.3 Å². The molecule has 96 valence electrons. The molecule has 1 aromatic rings. The van der Waals surface area contributed by atoms with Crippen LogP contribution in [0.1, 0.15) is 11.6 Å². The van der Waals surface area contributed by atoms with E-state index >= 15 is 0 Å². The number of nitrogens with zero attached hydrogens (tertiary/aromatic N) is 3. The maximum absolute atomic E-state index is 11.4. The number of amides is 1. The highest BCUT2D eigenvalue weighted by molar-refractivity contribution is 6.33. The number of carbonyl (C=O) groups is 1. The third-order valence-corrected chi connectivity index (χ3v) is 2.76. The van der Waals surface area contributed by atoms with Gasteiger partial charge in [-0.15, -0.1) is 0 Å². The Bertz CT molecular complexity index is 487. The number of halogens is 2. The van der Waals surface area contributed by atoms with Crippen LogP contribution < -0.4 is 11.1 Å². The predicted molar refractivity (Wildman–Crippen MR) is 70.4 cm³/mol. The molecule has 1 amide bonds. The number of benzene rings is 1. The van der Waals surface area contributed by atoms with E-state index in [2.05, 4.69) is 15.3 Å². The second kappa shape index (κ2) is 7.08. The van der Waals surface area contributed by atoms with E-state index in [4.69, 9.17) is 34.5 Å². The third kappa shape index (κ3) is 4.09. The standard InChI is InChI=1S/C10H11Cl2N5O/c11-6-1-2-8(12)7(5-6)9(10(13)18)15-3-4-16-17-14/h1-2,5,9,15H,3-4H2,(H2,13,18). The average molecular weight is 288 g/mol. The van der Waals surface area contributed by atoms with E-state index in [-0.39, 0.29) is 6.54 Å². The smallest absolute Gasteiger partial charge is 0.239 e. The Morgan fingerprint density at radius 3 is 2.89 bits per heavy atom. The van der Waals surface area contributed by atoms with E-state index in [9.17, 15) is 4.79 Å². The number of hydrogen-bond acceptors (Lipinski definition) is 3. The van der Waals surface area contributed by atoms with Crippen LogP contribution in [0.5, 0.6) is 0 Å². The zero-order valence-electron chi connectivity index (χ0n) is 9.31. The van der Waals surface area contributed by atoms with Crippen molar-refractivity contribution in [1.82, 2.24) is 5.32 Å². The predicted octanol–water partition coefficient (Wildman–Crippen LogP) is 2.42. The first-order chi connectivity index (χ1) is 8.56. The Kier molecular flexibility index (Phi) is 5.74. The molecule has 1 aromatic carbocycles. The van der Waals surface area contributed by atoms with Crippen molar-refractivity contribution in [2.24, 2.45) is 10.8 Å². The molecule has 0 radical (unpaired) electrons. The van der Waals surface area contributed by atoms with E-state index in [0.29, 0.717) is 22.2 Å². The summed E-state index contributed by atoms with van der Waals surface area (Å²) in [5.41, 5.74) is 13.9. The molecule has 0 aliphatic heterocycles. The van der Waals surface area contributed by atoms with Crippen molar-refractivity contribution in [3.63, 3.8) is 0 Å². The zero-order chi connectivity index (χ0) is 13.5. The fourth-order valence-electron chi connectivity index (χ4n) is 1.40. The van der Waals surface area contributed by atoms with Gasteiger partial charge in [-0.3, -0.25) is 4.79 Å². The largest absolute Gasteiger partial charge is 0.368 e.